The van der Waals surface area contributed by atoms with Crippen LogP contribution in [0.25, 0.3) is 11.0 Å². The highest BCUT2D eigenvalue weighted by Crippen LogP contribution is 2.29. The number of nitro groups is 1. The lowest BCUT2D eigenvalue weighted by atomic mass is 10.2. The minimum absolute atomic E-state index is 0.127. The molecule has 33 heavy (non-hydrogen) atoms. The monoisotopic (exact) mass is 472 g/mol. The molecule has 4 rings (SSSR count). The van der Waals surface area contributed by atoms with Gasteiger partial charge in [-0.2, -0.15) is 0 Å². The molecule has 1 fully saturated rings. The Morgan fingerprint density at radius 1 is 1.09 bits per heavy atom. The van der Waals surface area contributed by atoms with Crippen molar-refractivity contribution >= 4 is 32.4 Å². The first kappa shape index (κ1) is 23.1. The van der Waals surface area contributed by atoms with Crippen molar-refractivity contribution < 1.29 is 13.3 Å². The standard InChI is InChI=1S/C22H28N6O4S/c1-4-27-19-10-9-17(33(31,32)24(2)3)15-18(19)23-22(27)16-25-11-13-26(14-12-25)20-7-5-6-8-21(20)28(29)30/h5-10,15H,4,11-14,16H2,1-3H3. The smallest absolute Gasteiger partial charge is 0.292 e. The lowest BCUT2D eigenvalue weighted by Gasteiger charge is -2.35. The van der Waals surface area contributed by atoms with E-state index in [0.717, 1.165) is 31.0 Å². The van der Waals surface area contributed by atoms with Crippen LogP contribution in [0.4, 0.5) is 11.4 Å². The number of hydrogen-bond donors (Lipinski definition) is 0. The highest BCUT2D eigenvalue weighted by Gasteiger charge is 2.25. The summed E-state index contributed by atoms with van der Waals surface area (Å²) >= 11 is 0. The topological polar surface area (TPSA) is 105 Å². The van der Waals surface area contributed by atoms with Crippen LogP contribution in [0.5, 0.6) is 0 Å². The van der Waals surface area contributed by atoms with Crippen molar-refractivity contribution in [2.24, 2.45) is 0 Å². The largest absolute Gasteiger partial charge is 0.363 e. The maximum atomic E-state index is 12.5. The van der Waals surface area contributed by atoms with Crippen LogP contribution in [-0.4, -0.2) is 72.4 Å². The molecule has 1 aromatic heterocycles. The number of para-hydroxylation sites is 2. The van der Waals surface area contributed by atoms with Crippen LogP contribution in [0.3, 0.4) is 0 Å². The number of nitro benzene ring substituents is 1. The zero-order valence-electron chi connectivity index (χ0n) is 19.0. The summed E-state index contributed by atoms with van der Waals surface area (Å²) in [7, 11) is -0.501. The fraction of sp³-hybridized carbons (Fsp3) is 0.409. The second-order valence-electron chi connectivity index (χ2n) is 8.22. The van der Waals surface area contributed by atoms with Gasteiger partial charge in [0.2, 0.25) is 10.0 Å². The Balaban J connectivity index is 1.52. The van der Waals surface area contributed by atoms with Crippen molar-refractivity contribution in [3.8, 4) is 0 Å². The number of fused-ring (bicyclic) bond motifs is 1. The molecule has 3 aromatic rings. The lowest BCUT2D eigenvalue weighted by Crippen LogP contribution is -2.46. The van der Waals surface area contributed by atoms with E-state index in [1.165, 1.54) is 24.5 Å². The number of sulfonamides is 1. The van der Waals surface area contributed by atoms with E-state index in [1.54, 1.807) is 24.3 Å². The summed E-state index contributed by atoms with van der Waals surface area (Å²) in [5.41, 5.74) is 2.34. The summed E-state index contributed by atoms with van der Waals surface area (Å²) in [6.45, 7) is 6.26. The molecule has 0 saturated carbocycles. The van der Waals surface area contributed by atoms with Gasteiger partial charge >= 0.3 is 0 Å². The SMILES string of the molecule is CCn1c(CN2CCN(c3ccccc3[N+](=O)[O-])CC2)nc2cc(S(=O)(=O)N(C)C)ccc21. The summed E-state index contributed by atoms with van der Waals surface area (Å²) in [6.07, 6.45) is 0. The molecule has 0 spiro atoms. The van der Waals surface area contributed by atoms with E-state index in [1.807, 2.05) is 19.1 Å². The molecule has 176 valence electrons. The Morgan fingerprint density at radius 3 is 2.42 bits per heavy atom. The van der Waals surface area contributed by atoms with Gasteiger partial charge in [-0.15, -0.1) is 0 Å². The first-order valence-corrected chi connectivity index (χ1v) is 12.3. The van der Waals surface area contributed by atoms with Crippen LogP contribution < -0.4 is 4.90 Å². The number of aromatic nitrogens is 2. The lowest BCUT2D eigenvalue weighted by molar-refractivity contribution is -0.384. The maximum Gasteiger partial charge on any atom is 0.292 e. The van der Waals surface area contributed by atoms with Crippen LogP contribution in [0.1, 0.15) is 12.7 Å². The molecule has 1 aliphatic rings. The minimum Gasteiger partial charge on any atom is -0.363 e. The third-order valence-electron chi connectivity index (χ3n) is 6.05. The van der Waals surface area contributed by atoms with Crippen molar-refractivity contribution in [3.05, 3.63) is 58.4 Å². The zero-order chi connectivity index (χ0) is 23.8. The van der Waals surface area contributed by atoms with Crippen LogP contribution >= 0.6 is 0 Å². The molecule has 0 bridgehead atoms. The number of anilines is 1. The zero-order valence-corrected chi connectivity index (χ0v) is 19.8. The first-order valence-electron chi connectivity index (χ1n) is 10.8. The fourth-order valence-electron chi connectivity index (χ4n) is 4.24. The predicted molar refractivity (Wildman–Crippen MR) is 127 cm³/mol. The van der Waals surface area contributed by atoms with Gasteiger partial charge in [0, 0.05) is 52.9 Å². The normalized spacial score (nSPS) is 15.5. The highest BCUT2D eigenvalue weighted by atomic mass is 32.2. The van der Waals surface area contributed by atoms with Gasteiger partial charge in [-0.25, -0.2) is 17.7 Å². The number of benzene rings is 2. The summed E-state index contributed by atoms with van der Waals surface area (Å²) in [5.74, 6) is 0.881. The molecule has 1 saturated heterocycles. The third-order valence-corrected chi connectivity index (χ3v) is 7.86. The van der Waals surface area contributed by atoms with Gasteiger partial charge in [-0.1, -0.05) is 12.1 Å². The first-order chi connectivity index (χ1) is 15.7. The summed E-state index contributed by atoms with van der Waals surface area (Å²) in [5, 5.41) is 11.4. The number of nitrogens with zero attached hydrogens (tertiary/aromatic N) is 6. The summed E-state index contributed by atoms with van der Waals surface area (Å²) in [4.78, 5) is 20.3. The Bertz CT molecular complexity index is 1280. The molecule has 11 heteroatoms. The Morgan fingerprint density at radius 2 is 1.79 bits per heavy atom. The molecule has 0 amide bonds. The molecule has 0 N–H and O–H groups in total. The minimum atomic E-state index is -3.53. The predicted octanol–water partition coefficient (Wildman–Crippen LogP) is 2.54. The van der Waals surface area contributed by atoms with Crippen molar-refractivity contribution in [2.45, 2.75) is 24.9 Å². The van der Waals surface area contributed by atoms with Crippen LogP contribution in [0.2, 0.25) is 0 Å². The van der Waals surface area contributed by atoms with Crippen molar-refractivity contribution in [3.63, 3.8) is 0 Å². The van der Waals surface area contributed by atoms with E-state index in [2.05, 4.69) is 14.4 Å². The second kappa shape index (κ2) is 9.08. The molecular weight excluding hydrogens is 444 g/mol. The molecule has 0 atom stereocenters. The van der Waals surface area contributed by atoms with Gasteiger partial charge < -0.3 is 9.47 Å². The van der Waals surface area contributed by atoms with Gasteiger partial charge in [0.05, 0.1) is 27.4 Å². The van der Waals surface area contributed by atoms with Gasteiger partial charge in [-0.3, -0.25) is 15.0 Å². The van der Waals surface area contributed by atoms with Gasteiger partial charge in [0.25, 0.3) is 5.69 Å². The second-order valence-corrected chi connectivity index (χ2v) is 10.4. The molecule has 10 nitrogen and oxygen atoms in total. The average molecular weight is 473 g/mol. The molecule has 0 aliphatic carbocycles. The van der Waals surface area contributed by atoms with Crippen molar-refractivity contribution in [1.82, 2.24) is 18.8 Å². The Labute approximate surface area is 193 Å². The van der Waals surface area contributed by atoms with Gasteiger partial charge in [0.1, 0.15) is 11.5 Å². The number of rotatable bonds is 7. The van der Waals surface area contributed by atoms with E-state index in [0.29, 0.717) is 30.8 Å². The molecule has 1 aliphatic heterocycles. The van der Waals surface area contributed by atoms with Crippen LogP contribution in [-0.2, 0) is 23.1 Å². The van der Waals surface area contributed by atoms with Crippen molar-refractivity contribution in [2.75, 3.05) is 45.2 Å². The quantitative estimate of drug-likeness (QED) is 0.384. The van der Waals surface area contributed by atoms with E-state index < -0.39 is 10.0 Å². The summed E-state index contributed by atoms with van der Waals surface area (Å²) < 4.78 is 28.3. The van der Waals surface area contributed by atoms with Crippen LogP contribution in [0.15, 0.2) is 47.4 Å². The van der Waals surface area contributed by atoms with E-state index in [4.69, 9.17) is 4.98 Å². The number of piperazine rings is 1. The fourth-order valence-corrected chi connectivity index (χ4v) is 5.16. The molecular formula is C22H28N6O4S. The van der Waals surface area contributed by atoms with E-state index in [-0.39, 0.29) is 15.5 Å². The average Bonchev–Trinajstić information content (AvgIpc) is 3.15. The van der Waals surface area contributed by atoms with E-state index in [9.17, 15) is 18.5 Å². The van der Waals surface area contributed by atoms with Gasteiger partial charge in [-0.05, 0) is 31.2 Å². The number of imidazole rings is 1. The maximum absolute atomic E-state index is 12.5. The summed E-state index contributed by atoms with van der Waals surface area (Å²) in [6, 6.07) is 11.9. The molecule has 0 radical (unpaired) electrons. The van der Waals surface area contributed by atoms with Crippen molar-refractivity contribution in [1.29, 1.82) is 0 Å². The molecule has 0 unspecified atom stereocenters. The molecule has 2 aromatic carbocycles. The number of aryl methyl sites for hydroxylation is 1. The number of hydrogen-bond acceptors (Lipinski definition) is 7. The van der Waals surface area contributed by atoms with Gasteiger partial charge in [0.15, 0.2) is 0 Å². The highest BCUT2D eigenvalue weighted by molar-refractivity contribution is 7.89. The third kappa shape index (κ3) is 4.43. The Hall–Kier alpha value is -3.02. The van der Waals surface area contributed by atoms with Crippen LogP contribution in [0, 0.1) is 10.1 Å². The molecule has 2 heterocycles. The van der Waals surface area contributed by atoms with E-state index >= 15 is 0 Å². The Kier molecular flexibility index (Phi) is 6.37.